The second-order valence-corrected chi connectivity index (χ2v) is 8.10. The molecule has 3 rings (SSSR count). The van der Waals surface area contributed by atoms with Crippen molar-refractivity contribution >= 4 is 40.8 Å². The van der Waals surface area contributed by atoms with Gasteiger partial charge in [0.25, 0.3) is 5.91 Å². The predicted molar refractivity (Wildman–Crippen MR) is 119 cm³/mol. The quantitative estimate of drug-likeness (QED) is 0.455. The summed E-state index contributed by atoms with van der Waals surface area (Å²) >= 11 is 1.30. The lowest BCUT2D eigenvalue weighted by Gasteiger charge is -2.20. The standard InChI is InChI=1S/C21H24N6O3S/c1-12(2)17(26-18(28)15-9-6-10-31-15)19(29)30-11-16-24-20(22)27-21(25-16)23-14-8-5-4-7-13(14)3/h4-10,12,17H,11H2,1-3H3,(H,26,28)(H3,22,23,24,25,27)/t17-/m0/s1. The number of nitrogen functional groups attached to an aromatic ring is 1. The Morgan fingerprint density at radius 1 is 1.13 bits per heavy atom. The molecule has 0 aliphatic carbocycles. The van der Waals surface area contributed by atoms with Gasteiger partial charge in [0.15, 0.2) is 12.4 Å². The molecular formula is C21H24N6O3S. The van der Waals surface area contributed by atoms with Crippen LogP contribution in [0.3, 0.4) is 0 Å². The first-order chi connectivity index (χ1) is 14.8. The third-order valence-electron chi connectivity index (χ3n) is 4.39. The summed E-state index contributed by atoms with van der Waals surface area (Å²) in [5, 5.41) is 7.61. The van der Waals surface area contributed by atoms with Crippen molar-refractivity contribution < 1.29 is 14.3 Å². The van der Waals surface area contributed by atoms with Crippen molar-refractivity contribution in [1.82, 2.24) is 20.3 Å². The van der Waals surface area contributed by atoms with Crippen LogP contribution in [-0.4, -0.2) is 32.9 Å². The van der Waals surface area contributed by atoms with Crippen molar-refractivity contribution in [3.63, 3.8) is 0 Å². The molecule has 0 unspecified atom stereocenters. The zero-order valence-corrected chi connectivity index (χ0v) is 18.3. The molecule has 162 valence electrons. The molecule has 10 heteroatoms. The molecule has 9 nitrogen and oxygen atoms in total. The third kappa shape index (κ3) is 5.98. The predicted octanol–water partition coefficient (Wildman–Crippen LogP) is 3.07. The summed E-state index contributed by atoms with van der Waals surface area (Å²) in [6, 6.07) is 10.3. The molecule has 0 bridgehead atoms. The number of ether oxygens (including phenoxy) is 1. The van der Waals surface area contributed by atoms with Gasteiger partial charge >= 0.3 is 5.97 Å². The lowest BCUT2D eigenvalue weighted by atomic mass is 10.0. The monoisotopic (exact) mass is 440 g/mol. The van der Waals surface area contributed by atoms with Crippen molar-refractivity contribution in [2.75, 3.05) is 11.1 Å². The highest BCUT2D eigenvalue weighted by Crippen LogP contribution is 2.18. The number of benzene rings is 1. The van der Waals surface area contributed by atoms with Crippen LogP contribution in [0.25, 0.3) is 0 Å². The number of para-hydroxylation sites is 1. The number of amides is 1. The van der Waals surface area contributed by atoms with Gasteiger partial charge in [-0.05, 0) is 35.9 Å². The fourth-order valence-electron chi connectivity index (χ4n) is 2.74. The number of thiophene rings is 1. The maximum atomic E-state index is 12.6. The first kappa shape index (κ1) is 22.2. The van der Waals surface area contributed by atoms with Crippen molar-refractivity contribution in [2.45, 2.75) is 33.4 Å². The molecule has 0 saturated carbocycles. The average Bonchev–Trinajstić information content (AvgIpc) is 3.26. The molecule has 31 heavy (non-hydrogen) atoms. The second kappa shape index (κ2) is 9.98. The molecule has 0 radical (unpaired) electrons. The topological polar surface area (TPSA) is 132 Å². The lowest BCUT2D eigenvalue weighted by molar-refractivity contribution is -0.148. The number of nitrogens with one attached hydrogen (secondary N) is 2. The van der Waals surface area contributed by atoms with E-state index in [9.17, 15) is 9.59 Å². The number of esters is 1. The average molecular weight is 441 g/mol. The third-order valence-corrected chi connectivity index (χ3v) is 5.25. The van der Waals surface area contributed by atoms with Crippen LogP contribution in [0.4, 0.5) is 17.6 Å². The van der Waals surface area contributed by atoms with Gasteiger partial charge in [-0.15, -0.1) is 11.3 Å². The van der Waals surface area contributed by atoms with Gasteiger partial charge < -0.3 is 21.1 Å². The largest absolute Gasteiger partial charge is 0.456 e. The maximum absolute atomic E-state index is 12.6. The minimum absolute atomic E-state index is 0.00328. The van der Waals surface area contributed by atoms with Crippen LogP contribution in [-0.2, 0) is 16.1 Å². The number of carbonyl (C=O) groups excluding carboxylic acids is 2. The van der Waals surface area contributed by atoms with E-state index >= 15 is 0 Å². The Morgan fingerprint density at radius 3 is 2.58 bits per heavy atom. The Bertz CT molecular complexity index is 1060. The van der Waals surface area contributed by atoms with Gasteiger partial charge in [0.1, 0.15) is 6.04 Å². The zero-order chi connectivity index (χ0) is 22.4. The van der Waals surface area contributed by atoms with E-state index in [0.29, 0.717) is 4.88 Å². The van der Waals surface area contributed by atoms with Crippen molar-refractivity contribution in [1.29, 1.82) is 0 Å². The fourth-order valence-corrected chi connectivity index (χ4v) is 3.36. The minimum atomic E-state index is -0.807. The van der Waals surface area contributed by atoms with E-state index < -0.39 is 12.0 Å². The summed E-state index contributed by atoms with van der Waals surface area (Å²) in [6.07, 6.45) is 0. The number of nitrogens with zero attached hydrogens (tertiary/aromatic N) is 3. The molecule has 0 aliphatic heterocycles. The summed E-state index contributed by atoms with van der Waals surface area (Å²) in [4.78, 5) is 37.8. The Labute approximate surface area is 184 Å². The van der Waals surface area contributed by atoms with Gasteiger partial charge in [0.2, 0.25) is 11.9 Å². The van der Waals surface area contributed by atoms with E-state index in [0.717, 1.165) is 11.3 Å². The van der Waals surface area contributed by atoms with Crippen LogP contribution < -0.4 is 16.4 Å². The Kier molecular flexibility index (Phi) is 7.14. The van der Waals surface area contributed by atoms with Crippen LogP contribution >= 0.6 is 11.3 Å². The highest BCUT2D eigenvalue weighted by atomic mass is 32.1. The number of nitrogens with two attached hydrogens (primary N) is 1. The van der Waals surface area contributed by atoms with E-state index in [-0.39, 0.29) is 36.2 Å². The van der Waals surface area contributed by atoms with Crippen molar-refractivity contribution in [3.8, 4) is 0 Å². The van der Waals surface area contributed by atoms with Gasteiger partial charge in [-0.25, -0.2) is 4.79 Å². The number of carbonyl (C=O) groups is 2. The molecule has 2 heterocycles. The van der Waals surface area contributed by atoms with Gasteiger partial charge in [0.05, 0.1) is 4.88 Å². The van der Waals surface area contributed by atoms with E-state index in [1.807, 2.05) is 45.0 Å². The highest BCUT2D eigenvalue weighted by Gasteiger charge is 2.27. The van der Waals surface area contributed by atoms with E-state index in [4.69, 9.17) is 10.5 Å². The van der Waals surface area contributed by atoms with Crippen molar-refractivity contribution in [2.24, 2.45) is 5.92 Å². The number of rotatable bonds is 8. The lowest BCUT2D eigenvalue weighted by Crippen LogP contribution is -2.45. The summed E-state index contributed by atoms with van der Waals surface area (Å²) in [7, 11) is 0. The number of aryl methyl sites for hydroxylation is 1. The number of hydrogen-bond acceptors (Lipinski definition) is 9. The second-order valence-electron chi connectivity index (χ2n) is 7.15. The first-order valence-electron chi connectivity index (χ1n) is 9.67. The van der Waals surface area contributed by atoms with Gasteiger partial charge in [-0.3, -0.25) is 4.79 Å². The fraction of sp³-hybridized carbons (Fsp3) is 0.286. The molecule has 2 aromatic heterocycles. The Hall–Kier alpha value is -3.53. The summed E-state index contributed by atoms with van der Waals surface area (Å²) < 4.78 is 5.37. The van der Waals surface area contributed by atoms with Crippen LogP contribution in [0.15, 0.2) is 41.8 Å². The Morgan fingerprint density at radius 2 is 1.90 bits per heavy atom. The zero-order valence-electron chi connectivity index (χ0n) is 17.5. The SMILES string of the molecule is Cc1ccccc1Nc1nc(N)nc(COC(=O)[C@@H](NC(=O)c2cccs2)C(C)C)n1. The number of hydrogen-bond donors (Lipinski definition) is 3. The van der Waals surface area contributed by atoms with Crippen LogP contribution in [0, 0.1) is 12.8 Å². The molecule has 4 N–H and O–H groups in total. The van der Waals surface area contributed by atoms with E-state index in [1.165, 1.54) is 11.3 Å². The Balaban J connectivity index is 1.66. The molecule has 0 fully saturated rings. The smallest absolute Gasteiger partial charge is 0.329 e. The van der Waals surface area contributed by atoms with Crippen LogP contribution in [0.1, 0.15) is 34.9 Å². The van der Waals surface area contributed by atoms with E-state index in [2.05, 4.69) is 25.6 Å². The van der Waals surface area contributed by atoms with Gasteiger partial charge in [-0.2, -0.15) is 15.0 Å². The number of anilines is 3. The normalized spacial score (nSPS) is 11.7. The molecular weight excluding hydrogens is 416 g/mol. The number of aromatic nitrogens is 3. The summed E-state index contributed by atoms with van der Waals surface area (Å²) in [5.74, 6) is -0.614. The van der Waals surface area contributed by atoms with E-state index in [1.54, 1.807) is 17.5 Å². The molecule has 0 aliphatic rings. The molecule has 1 aromatic carbocycles. The molecule has 3 aromatic rings. The molecule has 1 amide bonds. The van der Waals surface area contributed by atoms with Gasteiger partial charge in [-0.1, -0.05) is 38.1 Å². The molecule has 0 spiro atoms. The molecule has 0 saturated heterocycles. The highest BCUT2D eigenvalue weighted by molar-refractivity contribution is 7.12. The van der Waals surface area contributed by atoms with Gasteiger partial charge in [0, 0.05) is 5.69 Å². The van der Waals surface area contributed by atoms with Crippen LogP contribution in [0.5, 0.6) is 0 Å². The van der Waals surface area contributed by atoms with Crippen LogP contribution in [0.2, 0.25) is 0 Å². The van der Waals surface area contributed by atoms with Crippen molar-refractivity contribution in [3.05, 3.63) is 58.0 Å². The summed E-state index contributed by atoms with van der Waals surface area (Å²) in [6.45, 7) is 5.40. The summed E-state index contributed by atoms with van der Waals surface area (Å²) in [5.41, 5.74) is 7.62. The maximum Gasteiger partial charge on any atom is 0.329 e. The molecule has 1 atom stereocenters. The minimum Gasteiger partial charge on any atom is -0.456 e. The first-order valence-corrected chi connectivity index (χ1v) is 10.6.